The van der Waals surface area contributed by atoms with Crippen LogP contribution in [0.2, 0.25) is 0 Å². The Balaban J connectivity index is 1.69. The van der Waals surface area contributed by atoms with Crippen LogP contribution in [0.1, 0.15) is 19.0 Å². The van der Waals surface area contributed by atoms with Gasteiger partial charge in [0.15, 0.2) is 0 Å². The van der Waals surface area contributed by atoms with E-state index in [2.05, 4.69) is 33.6 Å². The fourth-order valence-corrected chi connectivity index (χ4v) is 2.37. The molecule has 0 aliphatic carbocycles. The van der Waals surface area contributed by atoms with Crippen LogP contribution in [0.25, 0.3) is 0 Å². The summed E-state index contributed by atoms with van der Waals surface area (Å²) in [4.78, 5) is 18.4. The predicted molar refractivity (Wildman–Crippen MR) is 84.1 cm³/mol. The Morgan fingerprint density at radius 2 is 2.33 bits per heavy atom. The molecule has 1 aromatic heterocycles. The second-order valence-corrected chi connectivity index (χ2v) is 5.48. The molecule has 2 amide bonds. The van der Waals surface area contributed by atoms with Gasteiger partial charge in [-0.1, -0.05) is 12.1 Å². The Kier molecular flexibility index (Phi) is 5.75. The van der Waals surface area contributed by atoms with Crippen LogP contribution >= 0.6 is 0 Å². The van der Waals surface area contributed by atoms with Crippen molar-refractivity contribution in [2.24, 2.45) is 0 Å². The van der Waals surface area contributed by atoms with Crippen LogP contribution in [-0.4, -0.2) is 48.6 Å². The number of pyridine rings is 1. The van der Waals surface area contributed by atoms with Crippen LogP contribution in [0.15, 0.2) is 36.0 Å². The van der Waals surface area contributed by atoms with E-state index in [1.165, 1.54) is 5.57 Å². The fourth-order valence-electron chi connectivity index (χ4n) is 2.37. The highest BCUT2D eigenvalue weighted by molar-refractivity contribution is 5.74. The molecule has 0 spiro atoms. The van der Waals surface area contributed by atoms with Crippen molar-refractivity contribution in [2.45, 2.75) is 25.8 Å². The summed E-state index contributed by atoms with van der Waals surface area (Å²) >= 11 is 0. The number of urea groups is 1. The average Bonchev–Trinajstić information content (AvgIpc) is 2.49. The molecule has 1 aliphatic rings. The molecule has 1 aliphatic heterocycles. The van der Waals surface area contributed by atoms with Crippen molar-refractivity contribution in [1.29, 1.82) is 0 Å². The zero-order valence-corrected chi connectivity index (χ0v) is 12.8. The Labute approximate surface area is 126 Å². The van der Waals surface area contributed by atoms with Crippen LogP contribution in [-0.2, 0) is 6.42 Å². The van der Waals surface area contributed by atoms with Gasteiger partial charge in [-0.15, -0.1) is 0 Å². The van der Waals surface area contributed by atoms with E-state index in [-0.39, 0.29) is 12.1 Å². The number of hydrogen-bond donors (Lipinski definition) is 2. The number of nitrogens with zero attached hydrogens (tertiary/aromatic N) is 2. The third-order valence-corrected chi connectivity index (χ3v) is 3.74. The van der Waals surface area contributed by atoms with E-state index in [1.54, 1.807) is 6.20 Å². The largest absolute Gasteiger partial charge is 0.338 e. The van der Waals surface area contributed by atoms with E-state index in [4.69, 9.17) is 0 Å². The van der Waals surface area contributed by atoms with E-state index in [0.29, 0.717) is 6.54 Å². The maximum Gasteiger partial charge on any atom is 0.315 e. The highest BCUT2D eigenvalue weighted by atomic mass is 16.2. The summed E-state index contributed by atoms with van der Waals surface area (Å²) in [5.41, 5.74) is 2.30. The van der Waals surface area contributed by atoms with Gasteiger partial charge in [0.2, 0.25) is 0 Å². The van der Waals surface area contributed by atoms with Crippen molar-refractivity contribution < 1.29 is 4.79 Å². The van der Waals surface area contributed by atoms with Crippen LogP contribution in [0.3, 0.4) is 0 Å². The van der Waals surface area contributed by atoms with Crippen molar-refractivity contribution in [1.82, 2.24) is 20.5 Å². The monoisotopic (exact) mass is 288 g/mol. The molecule has 1 atom stereocenters. The number of carbonyl (C=O) groups excluding carboxylic acids is 1. The van der Waals surface area contributed by atoms with Gasteiger partial charge in [0.05, 0.1) is 0 Å². The molecule has 5 heteroatoms. The van der Waals surface area contributed by atoms with E-state index in [9.17, 15) is 4.79 Å². The minimum atomic E-state index is -0.113. The Morgan fingerprint density at radius 1 is 1.48 bits per heavy atom. The average molecular weight is 288 g/mol. The van der Waals surface area contributed by atoms with E-state index < -0.39 is 0 Å². The molecule has 0 unspecified atom stereocenters. The molecule has 5 nitrogen and oxygen atoms in total. The SMILES string of the molecule is C[C@@H](NC(=O)NCCc1ccccn1)C1=CCN(C)CC1. The van der Waals surface area contributed by atoms with Crippen LogP contribution in [0, 0.1) is 0 Å². The summed E-state index contributed by atoms with van der Waals surface area (Å²) in [5, 5.41) is 5.88. The number of carbonyl (C=O) groups is 1. The maximum absolute atomic E-state index is 11.9. The number of hydrogen-bond acceptors (Lipinski definition) is 3. The molecule has 0 fully saturated rings. The van der Waals surface area contributed by atoms with E-state index in [1.807, 2.05) is 25.1 Å². The smallest absolute Gasteiger partial charge is 0.315 e. The normalized spacial score (nSPS) is 17.0. The number of rotatable bonds is 5. The minimum Gasteiger partial charge on any atom is -0.338 e. The highest BCUT2D eigenvalue weighted by Gasteiger charge is 2.15. The molecular formula is C16H24N4O. The molecule has 2 heterocycles. The first kappa shape index (κ1) is 15.5. The summed E-state index contributed by atoms with van der Waals surface area (Å²) in [6.45, 7) is 4.65. The number of aromatic nitrogens is 1. The zero-order chi connectivity index (χ0) is 15.1. The topological polar surface area (TPSA) is 57.3 Å². The maximum atomic E-state index is 11.9. The lowest BCUT2D eigenvalue weighted by molar-refractivity contribution is 0.238. The van der Waals surface area contributed by atoms with Gasteiger partial charge in [-0.25, -0.2) is 4.79 Å². The van der Waals surface area contributed by atoms with Gasteiger partial charge in [-0.3, -0.25) is 4.98 Å². The van der Waals surface area contributed by atoms with Gasteiger partial charge >= 0.3 is 6.03 Å². The molecule has 21 heavy (non-hydrogen) atoms. The van der Waals surface area contributed by atoms with Crippen LogP contribution in [0.4, 0.5) is 4.79 Å². The minimum absolute atomic E-state index is 0.0913. The summed E-state index contributed by atoms with van der Waals surface area (Å²) in [6, 6.07) is 5.79. The first-order valence-corrected chi connectivity index (χ1v) is 7.47. The lowest BCUT2D eigenvalue weighted by Crippen LogP contribution is -2.43. The van der Waals surface area contributed by atoms with Crippen molar-refractivity contribution in [2.75, 3.05) is 26.7 Å². The third-order valence-electron chi connectivity index (χ3n) is 3.74. The van der Waals surface area contributed by atoms with Gasteiger partial charge in [-0.05, 0) is 38.1 Å². The van der Waals surface area contributed by atoms with Crippen molar-refractivity contribution >= 4 is 6.03 Å². The molecule has 2 rings (SSSR count). The second kappa shape index (κ2) is 7.78. The summed E-state index contributed by atoms with van der Waals surface area (Å²) < 4.78 is 0. The second-order valence-electron chi connectivity index (χ2n) is 5.48. The van der Waals surface area contributed by atoms with Crippen molar-refractivity contribution in [3.05, 3.63) is 41.7 Å². The standard InChI is InChI=1S/C16H24N4O/c1-13(14-7-11-20(2)12-8-14)19-16(21)18-10-6-15-5-3-4-9-17-15/h3-5,7,9,13H,6,8,10-12H2,1-2H3,(H2,18,19,21)/t13-/m1/s1. The Bertz CT molecular complexity index is 486. The molecule has 0 radical (unpaired) electrons. The van der Waals surface area contributed by atoms with Gasteiger partial charge < -0.3 is 15.5 Å². The van der Waals surface area contributed by atoms with Crippen molar-refractivity contribution in [3.8, 4) is 0 Å². The van der Waals surface area contributed by atoms with Crippen molar-refractivity contribution in [3.63, 3.8) is 0 Å². The Hall–Kier alpha value is -1.88. The van der Waals surface area contributed by atoms with E-state index >= 15 is 0 Å². The molecule has 1 aromatic rings. The highest BCUT2D eigenvalue weighted by Crippen LogP contribution is 2.12. The van der Waals surface area contributed by atoms with Crippen LogP contribution < -0.4 is 10.6 Å². The molecule has 0 saturated heterocycles. The first-order chi connectivity index (χ1) is 10.1. The van der Waals surface area contributed by atoms with Gasteiger partial charge in [0.1, 0.15) is 0 Å². The molecule has 0 saturated carbocycles. The Morgan fingerprint density at radius 3 is 3.00 bits per heavy atom. The molecule has 2 N–H and O–H groups in total. The summed E-state index contributed by atoms with van der Waals surface area (Å²) in [6.07, 6.45) is 5.74. The van der Waals surface area contributed by atoms with E-state index in [0.717, 1.165) is 31.6 Å². The predicted octanol–water partition coefficient (Wildman–Crippen LogP) is 1.57. The summed E-state index contributed by atoms with van der Waals surface area (Å²) in [5.74, 6) is 0. The van der Waals surface area contributed by atoms with Gasteiger partial charge in [-0.2, -0.15) is 0 Å². The number of amides is 2. The van der Waals surface area contributed by atoms with Crippen LogP contribution in [0.5, 0.6) is 0 Å². The lowest BCUT2D eigenvalue weighted by atomic mass is 10.0. The molecule has 0 bridgehead atoms. The number of likely N-dealkylation sites (N-methyl/N-ethyl adjacent to an activating group) is 1. The fraction of sp³-hybridized carbons (Fsp3) is 0.500. The molecular weight excluding hydrogens is 264 g/mol. The van der Waals surface area contributed by atoms with Gasteiger partial charge in [0.25, 0.3) is 0 Å². The van der Waals surface area contributed by atoms with Gasteiger partial charge in [0, 0.05) is 44.0 Å². The lowest BCUT2D eigenvalue weighted by Gasteiger charge is -2.26. The molecule has 114 valence electrons. The number of nitrogens with one attached hydrogen (secondary N) is 2. The molecule has 0 aromatic carbocycles. The quantitative estimate of drug-likeness (QED) is 0.809. The first-order valence-electron chi connectivity index (χ1n) is 7.47. The zero-order valence-electron chi connectivity index (χ0n) is 12.8. The third kappa shape index (κ3) is 5.19. The summed E-state index contributed by atoms with van der Waals surface area (Å²) in [7, 11) is 2.11.